The first kappa shape index (κ1) is 13.5. The molecule has 1 aromatic heterocycles. The maximum absolute atomic E-state index is 13.9. The van der Waals surface area contributed by atoms with Crippen LogP contribution in [0.3, 0.4) is 0 Å². The number of rotatable bonds is 2. The first-order chi connectivity index (χ1) is 8.94. The van der Waals surface area contributed by atoms with Crippen molar-refractivity contribution in [3.05, 3.63) is 18.3 Å². The topological polar surface area (TPSA) is 68.5 Å². The average molecular weight is 271 g/mol. The highest BCUT2D eigenvalue weighted by Gasteiger charge is 2.49. The number of nitrogens with zero attached hydrogens (tertiary/aromatic N) is 2. The minimum atomic E-state index is -3.13. The zero-order valence-corrected chi connectivity index (χ0v) is 10.5. The fraction of sp³-hybridized carbons (Fsp3) is 0.500. The molecule has 1 aliphatic rings. The summed E-state index contributed by atoms with van der Waals surface area (Å²) in [5.41, 5.74) is 5.97. The van der Waals surface area contributed by atoms with Crippen molar-refractivity contribution in [1.82, 2.24) is 4.98 Å². The van der Waals surface area contributed by atoms with Crippen molar-refractivity contribution < 1.29 is 18.3 Å². The number of hydrogen-bond acceptors (Lipinski definition) is 5. The first-order valence-electron chi connectivity index (χ1n) is 5.86. The number of hydrogen-bond donors (Lipinski definition) is 1. The summed E-state index contributed by atoms with van der Waals surface area (Å²) in [7, 11) is 1.12. The summed E-state index contributed by atoms with van der Waals surface area (Å²) in [6.45, 7) is -0.226. The van der Waals surface area contributed by atoms with E-state index >= 15 is 0 Å². The van der Waals surface area contributed by atoms with Gasteiger partial charge in [-0.3, -0.25) is 4.79 Å². The summed E-state index contributed by atoms with van der Waals surface area (Å²) in [6.07, 6.45) is 1.45. The van der Waals surface area contributed by atoms with Gasteiger partial charge in [0.1, 0.15) is 11.7 Å². The second-order valence-electron chi connectivity index (χ2n) is 4.50. The van der Waals surface area contributed by atoms with E-state index in [-0.39, 0.29) is 6.42 Å². The fourth-order valence-electron chi connectivity index (χ4n) is 2.15. The molecule has 5 nitrogen and oxygen atoms in total. The lowest BCUT2D eigenvalue weighted by Crippen LogP contribution is -2.51. The Balaban J connectivity index is 2.13. The van der Waals surface area contributed by atoms with E-state index in [2.05, 4.69) is 9.72 Å². The minimum absolute atomic E-state index is 0.0335. The summed E-state index contributed by atoms with van der Waals surface area (Å²) in [6, 6.07) is 3.19. The van der Waals surface area contributed by atoms with Crippen LogP contribution in [0.25, 0.3) is 0 Å². The zero-order valence-electron chi connectivity index (χ0n) is 10.5. The Kier molecular flexibility index (Phi) is 3.55. The highest BCUT2D eigenvalue weighted by Crippen LogP contribution is 2.35. The van der Waals surface area contributed by atoms with Gasteiger partial charge in [-0.15, -0.1) is 0 Å². The van der Waals surface area contributed by atoms with Crippen LogP contribution in [0.2, 0.25) is 0 Å². The number of carbonyl (C=O) groups is 1. The molecule has 0 spiro atoms. The van der Waals surface area contributed by atoms with E-state index in [9.17, 15) is 13.6 Å². The summed E-state index contributed by atoms with van der Waals surface area (Å²) >= 11 is 0. The van der Waals surface area contributed by atoms with Crippen molar-refractivity contribution in [1.29, 1.82) is 0 Å². The summed E-state index contributed by atoms with van der Waals surface area (Å²) in [5, 5.41) is 0. The van der Waals surface area contributed by atoms with E-state index in [0.29, 0.717) is 18.1 Å². The number of methoxy groups -OCH3 is 1. The van der Waals surface area contributed by atoms with E-state index in [1.165, 1.54) is 11.1 Å². The Morgan fingerprint density at radius 2 is 2.32 bits per heavy atom. The molecule has 2 heterocycles. The van der Waals surface area contributed by atoms with Crippen molar-refractivity contribution in [3.8, 4) is 0 Å². The lowest BCUT2D eigenvalue weighted by Gasteiger charge is -2.37. The van der Waals surface area contributed by atoms with Crippen LogP contribution in [0, 0.1) is 5.92 Å². The van der Waals surface area contributed by atoms with Crippen molar-refractivity contribution in [2.75, 3.05) is 30.8 Å². The second-order valence-corrected chi connectivity index (χ2v) is 4.50. The molecule has 1 aromatic rings. The van der Waals surface area contributed by atoms with Crippen LogP contribution in [0.5, 0.6) is 0 Å². The molecule has 0 aromatic carbocycles. The van der Waals surface area contributed by atoms with Gasteiger partial charge in [0.15, 0.2) is 0 Å². The number of nitrogens with two attached hydrogens (primary N) is 1. The van der Waals surface area contributed by atoms with E-state index in [1.54, 1.807) is 12.1 Å². The van der Waals surface area contributed by atoms with Gasteiger partial charge in [-0.25, -0.2) is 13.8 Å². The van der Waals surface area contributed by atoms with Crippen LogP contribution < -0.4 is 10.6 Å². The van der Waals surface area contributed by atoms with Crippen LogP contribution in [-0.4, -0.2) is 37.1 Å². The number of piperidine rings is 1. The molecule has 2 N–H and O–H groups in total. The molecular weight excluding hydrogens is 256 g/mol. The Hall–Kier alpha value is -1.92. The monoisotopic (exact) mass is 271 g/mol. The zero-order chi connectivity index (χ0) is 14.0. The number of ether oxygens (including phenoxy) is 1. The van der Waals surface area contributed by atoms with Crippen LogP contribution in [0.1, 0.15) is 6.42 Å². The van der Waals surface area contributed by atoms with E-state index in [0.717, 1.165) is 7.11 Å². The number of nitrogen functional groups attached to an aromatic ring is 1. The molecule has 0 amide bonds. The van der Waals surface area contributed by atoms with E-state index in [4.69, 9.17) is 5.73 Å². The standard InChI is InChI=1S/C12H15F2N3O2/c1-19-11(18)9-4-5-17(7-12(9,13)14)10-3-2-8(15)6-16-10/h2-3,6,9H,4-5,7,15H2,1H3. The average Bonchev–Trinajstić information content (AvgIpc) is 2.37. The predicted molar refractivity (Wildman–Crippen MR) is 65.9 cm³/mol. The van der Waals surface area contributed by atoms with Crippen LogP contribution >= 0.6 is 0 Å². The molecule has 19 heavy (non-hydrogen) atoms. The Morgan fingerprint density at radius 3 is 2.84 bits per heavy atom. The maximum Gasteiger partial charge on any atom is 0.314 e. The molecular formula is C12H15F2N3O2. The molecule has 1 atom stereocenters. The highest BCUT2D eigenvalue weighted by molar-refractivity contribution is 5.74. The molecule has 104 valence electrons. The first-order valence-corrected chi connectivity index (χ1v) is 5.86. The second kappa shape index (κ2) is 4.99. The number of carbonyl (C=O) groups excluding carboxylic acids is 1. The van der Waals surface area contributed by atoms with Gasteiger partial charge < -0.3 is 15.4 Å². The Bertz CT molecular complexity index is 465. The number of anilines is 2. The van der Waals surface area contributed by atoms with E-state index < -0.39 is 24.4 Å². The number of aromatic nitrogens is 1. The normalized spacial score (nSPS) is 22.1. The SMILES string of the molecule is COC(=O)C1CCN(c2ccc(N)cn2)CC1(F)F. The van der Waals surface area contributed by atoms with Gasteiger partial charge in [-0.2, -0.15) is 0 Å². The van der Waals surface area contributed by atoms with Crippen molar-refractivity contribution in [3.63, 3.8) is 0 Å². The van der Waals surface area contributed by atoms with Gasteiger partial charge in [0.05, 0.1) is 25.5 Å². The van der Waals surface area contributed by atoms with Gasteiger partial charge in [0, 0.05) is 6.54 Å². The molecule has 1 aliphatic heterocycles. The Morgan fingerprint density at radius 1 is 1.58 bits per heavy atom. The van der Waals surface area contributed by atoms with E-state index in [1.807, 2.05) is 0 Å². The van der Waals surface area contributed by atoms with Crippen molar-refractivity contribution >= 4 is 17.5 Å². The summed E-state index contributed by atoms with van der Waals surface area (Å²) in [4.78, 5) is 16.8. The third kappa shape index (κ3) is 2.74. The number of pyridine rings is 1. The van der Waals surface area contributed by atoms with Crippen LogP contribution in [-0.2, 0) is 9.53 Å². The molecule has 0 saturated carbocycles. The van der Waals surface area contributed by atoms with Gasteiger partial charge in [0.2, 0.25) is 0 Å². The molecule has 1 fully saturated rings. The minimum Gasteiger partial charge on any atom is -0.469 e. The van der Waals surface area contributed by atoms with Gasteiger partial charge >= 0.3 is 5.97 Å². The summed E-state index contributed by atoms with van der Waals surface area (Å²) in [5.74, 6) is -4.95. The third-order valence-corrected chi connectivity index (χ3v) is 3.18. The molecule has 1 unspecified atom stereocenters. The highest BCUT2D eigenvalue weighted by atomic mass is 19.3. The maximum atomic E-state index is 13.9. The lowest BCUT2D eigenvalue weighted by molar-refractivity contribution is -0.162. The number of esters is 1. The summed E-state index contributed by atoms with van der Waals surface area (Å²) < 4.78 is 32.3. The van der Waals surface area contributed by atoms with Gasteiger partial charge in [-0.1, -0.05) is 0 Å². The van der Waals surface area contributed by atoms with Crippen LogP contribution in [0.4, 0.5) is 20.3 Å². The molecule has 0 aliphatic carbocycles. The predicted octanol–water partition coefficient (Wildman–Crippen LogP) is 1.30. The lowest BCUT2D eigenvalue weighted by atomic mass is 9.93. The smallest absolute Gasteiger partial charge is 0.314 e. The number of alkyl halides is 2. The quantitative estimate of drug-likeness (QED) is 0.821. The van der Waals surface area contributed by atoms with Crippen LogP contribution in [0.15, 0.2) is 18.3 Å². The van der Waals surface area contributed by atoms with Gasteiger partial charge in [-0.05, 0) is 18.6 Å². The molecule has 0 bridgehead atoms. The Labute approximate surface area is 109 Å². The molecule has 0 radical (unpaired) electrons. The van der Waals surface area contributed by atoms with Gasteiger partial charge in [0.25, 0.3) is 5.92 Å². The van der Waals surface area contributed by atoms with Crippen molar-refractivity contribution in [2.24, 2.45) is 5.92 Å². The largest absolute Gasteiger partial charge is 0.469 e. The molecule has 7 heteroatoms. The van der Waals surface area contributed by atoms with Crippen molar-refractivity contribution in [2.45, 2.75) is 12.3 Å². The number of halogens is 2. The fourth-order valence-corrected chi connectivity index (χ4v) is 2.15. The molecule has 1 saturated heterocycles. The third-order valence-electron chi connectivity index (χ3n) is 3.18. The molecule has 2 rings (SSSR count).